The number of nitrogen functional groups attached to an aromatic ring is 1. The van der Waals surface area contributed by atoms with Crippen molar-refractivity contribution < 1.29 is 8.78 Å². The number of aromatic nitrogens is 2. The van der Waals surface area contributed by atoms with Gasteiger partial charge in [0.25, 0.3) is 0 Å². The maximum Gasteiger partial charge on any atom is 0.239 e. The Morgan fingerprint density at radius 2 is 2.00 bits per heavy atom. The van der Waals surface area contributed by atoms with Gasteiger partial charge >= 0.3 is 0 Å². The Balaban J connectivity index is 2.33. The van der Waals surface area contributed by atoms with E-state index in [9.17, 15) is 8.78 Å². The molecule has 0 unspecified atom stereocenters. The first-order valence-electron chi connectivity index (χ1n) is 5.12. The molecule has 2 rings (SSSR count). The summed E-state index contributed by atoms with van der Waals surface area (Å²) >= 11 is 0. The van der Waals surface area contributed by atoms with Crippen LogP contribution in [0.25, 0.3) is 0 Å². The molecular weight excluding hydrogens is 240 g/mol. The second kappa shape index (κ2) is 4.92. The van der Waals surface area contributed by atoms with E-state index in [1.54, 1.807) is 13.0 Å². The Kier molecular flexibility index (Phi) is 3.33. The van der Waals surface area contributed by atoms with Gasteiger partial charge in [-0.2, -0.15) is 4.98 Å². The van der Waals surface area contributed by atoms with Crippen molar-refractivity contribution in [1.82, 2.24) is 9.97 Å². The number of nitrogens with one attached hydrogen (secondary N) is 2. The predicted molar refractivity (Wildman–Crippen MR) is 64.2 cm³/mol. The van der Waals surface area contributed by atoms with Gasteiger partial charge in [0.1, 0.15) is 5.82 Å². The number of hydrazine groups is 1. The molecule has 4 N–H and O–H groups in total. The molecule has 0 atom stereocenters. The molecule has 0 bridgehead atoms. The summed E-state index contributed by atoms with van der Waals surface area (Å²) in [5.41, 5.74) is 3.08. The second-order valence-corrected chi connectivity index (χ2v) is 3.64. The van der Waals surface area contributed by atoms with Crippen molar-refractivity contribution in [2.45, 2.75) is 6.92 Å². The second-order valence-electron chi connectivity index (χ2n) is 3.64. The van der Waals surface area contributed by atoms with Crippen LogP contribution in [0, 0.1) is 18.6 Å². The van der Waals surface area contributed by atoms with E-state index in [-0.39, 0.29) is 17.5 Å². The Hall–Kier alpha value is -2.28. The minimum Gasteiger partial charge on any atom is -0.335 e. The number of rotatable bonds is 3. The number of aryl methyl sites for hydroxylation is 1. The molecule has 0 saturated heterocycles. The lowest BCUT2D eigenvalue weighted by Crippen LogP contribution is -2.12. The summed E-state index contributed by atoms with van der Waals surface area (Å²) < 4.78 is 27.0. The summed E-state index contributed by atoms with van der Waals surface area (Å²) in [6.45, 7) is 1.76. The molecule has 0 aliphatic rings. The largest absolute Gasteiger partial charge is 0.335 e. The number of benzene rings is 1. The standard InChI is InChI=1S/C11H11F2N5/c1-6-2-3-9(7(12)4-6)16-10-8(13)5-15-11(17-10)18-14/h2-5H,14H2,1H3,(H2,15,16,17,18). The van der Waals surface area contributed by atoms with Crippen LogP contribution in [0.5, 0.6) is 0 Å². The fraction of sp³-hybridized carbons (Fsp3) is 0.0909. The zero-order valence-corrected chi connectivity index (χ0v) is 9.54. The van der Waals surface area contributed by atoms with E-state index in [0.717, 1.165) is 11.8 Å². The zero-order valence-electron chi connectivity index (χ0n) is 9.54. The van der Waals surface area contributed by atoms with Gasteiger partial charge in [-0.3, -0.25) is 5.43 Å². The van der Waals surface area contributed by atoms with Crippen molar-refractivity contribution in [3.63, 3.8) is 0 Å². The molecule has 94 valence electrons. The summed E-state index contributed by atoms with van der Waals surface area (Å²) in [7, 11) is 0. The van der Waals surface area contributed by atoms with E-state index in [0.29, 0.717) is 0 Å². The zero-order chi connectivity index (χ0) is 13.1. The van der Waals surface area contributed by atoms with Gasteiger partial charge in [0, 0.05) is 0 Å². The molecular formula is C11H11F2N5. The lowest BCUT2D eigenvalue weighted by Gasteiger charge is -2.09. The molecule has 0 radical (unpaired) electrons. The van der Waals surface area contributed by atoms with Crippen molar-refractivity contribution in [3.05, 3.63) is 41.6 Å². The number of hydrogen-bond donors (Lipinski definition) is 3. The lowest BCUT2D eigenvalue weighted by molar-refractivity contribution is 0.616. The van der Waals surface area contributed by atoms with Gasteiger partial charge in [-0.25, -0.2) is 19.6 Å². The Morgan fingerprint density at radius 3 is 2.67 bits per heavy atom. The topological polar surface area (TPSA) is 75.9 Å². The number of halogens is 2. The van der Waals surface area contributed by atoms with Crippen molar-refractivity contribution in [2.24, 2.45) is 5.84 Å². The Morgan fingerprint density at radius 1 is 1.22 bits per heavy atom. The molecule has 18 heavy (non-hydrogen) atoms. The molecule has 1 heterocycles. The third kappa shape index (κ3) is 2.51. The minimum atomic E-state index is -0.700. The lowest BCUT2D eigenvalue weighted by atomic mass is 10.2. The van der Waals surface area contributed by atoms with Gasteiger partial charge in [-0.1, -0.05) is 6.07 Å². The first-order chi connectivity index (χ1) is 8.60. The van der Waals surface area contributed by atoms with Gasteiger partial charge in [0.2, 0.25) is 5.95 Å². The molecule has 0 fully saturated rings. The molecule has 1 aromatic carbocycles. The number of nitrogens with two attached hydrogens (primary N) is 1. The van der Waals surface area contributed by atoms with Gasteiger partial charge in [0.05, 0.1) is 11.9 Å². The molecule has 7 heteroatoms. The summed E-state index contributed by atoms with van der Waals surface area (Å²) in [6.07, 6.45) is 0.941. The van der Waals surface area contributed by atoms with Crippen LogP contribution in [-0.2, 0) is 0 Å². The van der Waals surface area contributed by atoms with E-state index < -0.39 is 11.6 Å². The maximum absolute atomic E-state index is 13.6. The smallest absolute Gasteiger partial charge is 0.239 e. The molecule has 2 aromatic rings. The quantitative estimate of drug-likeness (QED) is 0.575. The summed E-state index contributed by atoms with van der Waals surface area (Å²) in [5.74, 6) is 3.80. The molecule has 0 aliphatic heterocycles. The van der Waals surface area contributed by atoms with Crippen LogP contribution in [0.3, 0.4) is 0 Å². The van der Waals surface area contributed by atoms with Crippen LogP contribution >= 0.6 is 0 Å². The van der Waals surface area contributed by atoms with Crippen LogP contribution in [0.4, 0.5) is 26.2 Å². The Bertz CT molecular complexity index is 573. The van der Waals surface area contributed by atoms with Crippen LogP contribution in [0.1, 0.15) is 5.56 Å². The molecule has 0 aliphatic carbocycles. The summed E-state index contributed by atoms with van der Waals surface area (Å²) in [5, 5.41) is 2.55. The van der Waals surface area contributed by atoms with E-state index >= 15 is 0 Å². The number of hydrogen-bond acceptors (Lipinski definition) is 5. The third-order valence-corrected chi connectivity index (χ3v) is 2.25. The van der Waals surface area contributed by atoms with Crippen molar-refractivity contribution in [1.29, 1.82) is 0 Å². The average molecular weight is 251 g/mol. The highest BCUT2D eigenvalue weighted by atomic mass is 19.1. The fourth-order valence-corrected chi connectivity index (χ4v) is 1.37. The maximum atomic E-state index is 13.6. The first kappa shape index (κ1) is 12.2. The van der Waals surface area contributed by atoms with Crippen molar-refractivity contribution in [2.75, 3.05) is 10.7 Å². The fourth-order valence-electron chi connectivity index (χ4n) is 1.37. The monoisotopic (exact) mass is 251 g/mol. The SMILES string of the molecule is Cc1ccc(Nc2nc(NN)ncc2F)c(F)c1. The molecule has 0 saturated carbocycles. The third-order valence-electron chi connectivity index (χ3n) is 2.25. The Labute approximate surface area is 102 Å². The summed E-state index contributed by atoms with van der Waals surface area (Å²) in [6, 6.07) is 4.54. The van der Waals surface area contributed by atoms with E-state index in [1.165, 1.54) is 12.1 Å². The predicted octanol–water partition coefficient (Wildman–Crippen LogP) is 2.09. The van der Waals surface area contributed by atoms with Gasteiger partial charge < -0.3 is 5.32 Å². The van der Waals surface area contributed by atoms with E-state index in [1.807, 2.05) is 0 Å². The van der Waals surface area contributed by atoms with E-state index in [4.69, 9.17) is 5.84 Å². The van der Waals surface area contributed by atoms with Crippen molar-refractivity contribution >= 4 is 17.5 Å². The molecule has 5 nitrogen and oxygen atoms in total. The molecule has 1 aromatic heterocycles. The number of anilines is 3. The van der Waals surface area contributed by atoms with Crippen LogP contribution < -0.4 is 16.6 Å². The number of nitrogens with zero attached hydrogens (tertiary/aromatic N) is 2. The highest BCUT2D eigenvalue weighted by molar-refractivity contribution is 5.58. The van der Waals surface area contributed by atoms with Gasteiger partial charge in [0.15, 0.2) is 11.6 Å². The van der Waals surface area contributed by atoms with Gasteiger partial charge in [-0.05, 0) is 24.6 Å². The molecule has 0 amide bonds. The summed E-state index contributed by atoms with van der Waals surface area (Å²) in [4.78, 5) is 7.33. The highest BCUT2D eigenvalue weighted by Gasteiger charge is 2.09. The first-order valence-corrected chi connectivity index (χ1v) is 5.12. The van der Waals surface area contributed by atoms with E-state index in [2.05, 4.69) is 20.7 Å². The molecule has 0 spiro atoms. The van der Waals surface area contributed by atoms with Crippen LogP contribution in [0.15, 0.2) is 24.4 Å². The van der Waals surface area contributed by atoms with Gasteiger partial charge in [-0.15, -0.1) is 0 Å². The van der Waals surface area contributed by atoms with Crippen molar-refractivity contribution in [3.8, 4) is 0 Å². The van der Waals surface area contributed by atoms with Crippen LogP contribution in [0.2, 0.25) is 0 Å². The average Bonchev–Trinajstić information content (AvgIpc) is 2.35. The normalized spacial score (nSPS) is 10.2. The minimum absolute atomic E-state index is 0.0337. The van der Waals surface area contributed by atoms with Crippen LogP contribution in [-0.4, -0.2) is 9.97 Å². The highest BCUT2D eigenvalue weighted by Crippen LogP contribution is 2.21.